The number of nitro groups is 1. The number of nitrogens with zero attached hydrogens (tertiary/aromatic N) is 5. The number of rotatable bonds is 7. The summed E-state index contributed by atoms with van der Waals surface area (Å²) in [5.41, 5.74) is -0.135. The summed E-state index contributed by atoms with van der Waals surface area (Å²) < 4.78 is 17.5. The molecule has 3 rings (SSSR count). The van der Waals surface area contributed by atoms with Gasteiger partial charge in [-0.2, -0.15) is 4.98 Å². The second-order valence-electron chi connectivity index (χ2n) is 5.11. The highest BCUT2D eigenvalue weighted by atomic mass is 16.6. The van der Waals surface area contributed by atoms with Crippen LogP contribution < -0.4 is 9.47 Å². The number of ether oxygens (including phenoxy) is 2. The summed E-state index contributed by atoms with van der Waals surface area (Å²) in [7, 11) is 1.36. The van der Waals surface area contributed by atoms with E-state index in [0.29, 0.717) is 17.5 Å². The highest BCUT2D eigenvalue weighted by Gasteiger charge is 2.17. The van der Waals surface area contributed by atoms with E-state index in [1.807, 2.05) is 11.5 Å². The van der Waals surface area contributed by atoms with Crippen LogP contribution in [0.3, 0.4) is 0 Å². The Kier molecular flexibility index (Phi) is 4.59. The van der Waals surface area contributed by atoms with Crippen molar-refractivity contribution < 1.29 is 18.9 Å². The van der Waals surface area contributed by atoms with Crippen LogP contribution in [-0.2, 0) is 6.61 Å². The van der Waals surface area contributed by atoms with Crippen LogP contribution in [0.4, 0.5) is 5.69 Å². The van der Waals surface area contributed by atoms with E-state index < -0.39 is 4.92 Å². The van der Waals surface area contributed by atoms with Gasteiger partial charge >= 0.3 is 5.69 Å². The molecule has 0 aliphatic heterocycles. The second kappa shape index (κ2) is 6.99. The lowest BCUT2D eigenvalue weighted by atomic mass is 10.3. The maximum absolute atomic E-state index is 10.9. The Morgan fingerprint density at radius 3 is 2.96 bits per heavy atom. The molecule has 10 heteroatoms. The van der Waals surface area contributed by atoms with Gasteiger partial charge in [0.2, 0.25) is 5.75 Å². The van der Waals surface area contributed by atoms with Crippen molar-refractivity contribution in [2.75, 3.05) is 7.11 Å². The molecular weight excluding hydrogens is 330 g/mol. The zero-order valence-corrected chi connectivity index (χ0v) is 13.5. The lowest BCUT2D eigenvalue weighted by Gasteiger charge is -2.07. The highest BCUT2D eigenvalue weighted by Crippen LogP contribution is 2.31. The third kappa shape index (κ3) is 3.57. The van der Waals surface area contributed by atoms with E-state index in [1.54, 1.807) is 18.7 Å². The van der Waals surface area contributed by atoms with Crippen molar-refractivity contribution >= 4 is 5.69 Å². The fourth-order valence-electron chi connectivity index (χ4n) is 2.17. The van der Waals surface area contributed by atoms with Crippen molar-refractivity contribution in [1.82, 2.24) is 19.7 Å². The maximum atomic E-state index is 10.9. The zero-order valence-electron chi connectivity index (χ0n) is 13.5. The van der Waals surface area contributed by atoms with Gasteiger partial charge in [0.1, 0.15) is 5.75 Å². The standard InChI is InChI=1S/C15H15N5O5/c1-10(19-6-5-16-9-19)15-17-14(25-18-15)8-24-11-3-4-12(20(21)22)13(7-11)23-2/h3-7,9-10H,8H2,1-2H3/t10-/m1/s1. The third-order valence-corrected chi connectivity index (χ3v) is 3.54. The molecule has 10 nitrogen and oxygen atoms in total. The predicted octanol–water partition coefficient (Wildman–Crippen LogP) is 2.37. The van der Waals surface area contributed by atoms with Gasteiger partial charge in [0, 0.05) is 24.5 Å². The first kappa shape index (κ1) is 16.4. The van der Waals surface area contributed by atoms with Crippen molar-refractivity contribution in [1.29, 1.82) is 0 Å². The van der Waals surface area contributed by atoms with Gasteiger partial charge in [0.05, 0.1) is 24.4 Å². The second-order valence-corrected chi connectivity index (χ2v) is 5.11. The number of imidazole rings is 1. The van der Waals surface area contributed by atoms with E-state index in [9.17, 15) is 10.1 Å². The molecule has 1 atom stereocenters. The fraction of sp³-hybridized carbons (Fsp3) is 0.267. The molecule has 0 aliphatic rings. The Bertz CT molecular complexity index is 861. The molecule has 2 aromatic heterocycles. The number of nitro benzene ring substituents is 1. The van der Waals surface area contributed by atoms with Crippen LogP contribution in [0.15, 0.2) is 41.4 Å². The first-order valence-electron chi connectivity index (χ1n) is 7.33. The minimum absolute atomic E-state index is 0.0324. The Hall–Kier alpha value is -3.43. The molecule has 0 saturated carbocycles. The Labute approximate surface area is 142 Å². The summed E-state index contributed by atoms with van der Waals surface area (Å²) in [6.45, 7) is 1.95. The normalized spacial score (nSPS) is 11.9. The largest absolute Gasteiger partial charge is 0.490 e. The predicted molar refractivity (Wildman–Crippen MR) is 84.3 cm³/mol. The van der Waals surface area contributed by atoms with E-state index >= 15 is 0 Å². The fourth-order valence-corrected chi connectivity index (χ4v) is 2.17. The number of hydrogen-bond donors (Lipinski definition) is 0. The molecule has 0 aliphatic carbocycles. The van der Waals surface area contributed by atoms with Crippen LogP contribution >= 0.6 is 0 Å². The van der Waals surface area contributed by atoms with E-state index in [1.165, 1.54) is 25.3 Å². The molecule has 130 valence electrons. The van der Waals surface area contributed by atoms with E-state index in [2.05, 4.69) is 15.1 Å². The summed E-state index contributed by atoms with van der Waals surface area (Å²) in [6, 6.07) is 4.10. The van der Waals surface area contributed by atoms with E-state index in [4.69, 9.17) is 14.0 Å². The summed E-state index contributed by atoms with van der Waals surface area (Å²) in [5.74, 6) is 1.30. The van der Waals surface area contributed by atoms with Crippen molar-refractivity contribution in [2.24, 2.45) is 0 Å². The highest BCUT2D eigenvalue weighted by molar-refractivity contribution is 5.50. The average Bonchev–Trinajstić information content (AvgIpc) is 3.30. The Balaban J connectivity index is 1.67. The first-order chi connectivity index (χ1) is 12.1. The molecule has 0 spiro atoms. The van der Waals surface area contributed by atoms with Gasteiger partial charge < -0.3 is 18.6 Å². The molecule has 0 bridgehead atoms. The average molecular weight is 345 g/mol. The molecule has 3 aromatic rings. The van der Waals surface area contributed by atoms with Crippen LogP contribution in [-0.4, -0.2) is 31.7 Å². The lowest BCUT2D eigenvalue weighted by Crippen LogP contribution is -2.06. The van der Waals surface area contributed by atoms with Crippen LogP contribution in [0, 0.1) is 10.1 Å². The monoisotopic (exact) mass is 345 g/mol. The van der Waals surface area contributed by atoms with E-state index in [0.717, 1.165) is 0 Å². The van der Waals surface area contributed by atoms with Gasteiger partial charge in [-0.1, -0.05) is 5.16 Å². The summed E-state index contributed by atoms with van der Waals surface area (Å²) >= 11 is 0. The minimum Gasteiger partial charge on any atom is -0.490 e. The topological polar surface area (TPSA) is 118 Å². The van der Waals surface area contributed by atoms with Gasteiger partial charge in [-0.25, -0.2) is 4.98 Å². The molecule has 0 saturated heterocycles. The van der Waals surface area contributed by atoms with E-state index in [-0.39, 0.29) is 24.1 Å². The Morgan fingerprint density at radius 2 is 2.28 bits per heavy atom. The van der Waals surface area contributed by atoms with Crippen molar-refractivity contribution in [3.63, 3.8) is 0 Å². The lowest BCUT2D eigenvalue weighted by molar-refractivity contribution is -0.385. The van der Waals surface area contributed by atoms with Crippen LogP contribution in [0.25, 0.3) is 0 Å². The zero-order chi connectivity index (χ0) is 17.8. The van der Waals surface area contributed by atoms with Crippen molar-refractivity contribution in [3.8, 4) is 11.5 Å². The third-order valence-electron chi connectivity index (χ3n) is 3.54. The van der Waals surface area contributed by atoms with Crippen molar-refractivity contribution in [3.05, 3.63) is 58.7 Å². The smallest absolute Gasteiger partial charge is 0.311 e. The molecule has 0 amide bonds. The molecular formula is C15H15N5O5. The molecule has 0 fully saturated rings. The molecule has 1 aromatic carbocycles. The Morgan fingerprint density at radius 1 is 1.44 bits per heavy atom. The quantitative estimate of drug-likeness (QED) is 0.473. The summed E-state index contributed by atoms with van der Waals surface area (Å²) in [4.78, 5) is 18.6. The SMILES string of the molecule is COc1cc(OCc2nc([C@@H](C)n3ccnc3)no2)ccc1[N+](=O)[O-]. The maximum Gasteiger partial charge on any atom is 0.311 e. The van der Waals surface area contributed by atoms with Gasteiger partial charge in [-0.15, -0.1) is 0 Å². The van der Waals surface area contributed by atoms with Gasteiger partial charge in [-0.05, 0) is 13.0 Å². The van der Waals surface area contributed by atoms with Crippen LogP contribution in [0.5, 0.6) is 11.5 Å². The summed E-state index contributed by atoms with van der Waals surface area (Å²) in [5, 5.41) is 14.8. The number of benzene rings is 1. The molecule has 0 N–H and O–H groups in total. The molecule has 0 unspecified atom stereocenters. The summed E-state index contributed by atoms with van der Waals surface area (Å²) in [6.07, 6.45) is 5.14. The van der Waals surface area contributed by atoms with Gasteiger partial charge in [0.15, 0.2) is 12.4 Å². The molecule has 0 radical (unpaired) electrons. The molecule has 2 heterocycles. The number of hydrogen-bond acceptors (Lipinski definition) is 8. The number of aromatic nitrogens is 4. The van der Waals surface area contributed by atoms with Gasteiger partial charge in [-0.3, -0.25) is 10.1 Å². The minimum atomic E-state index is -0.523. The van der Waals surface area contributed by atoms with Crippen molar-refractivity contribution in [2.45, 2.75) is 19.6 Å². The van der Waals surface area contributed by atoms with Gasteiger partial charge in [0.25, 0.3) is 5.89 Å². The number of methoxy groups -OCH3 is 1. The van der Waals surface area contributed by atoms with Crippen LogP contribution in [0.2, 0.25) is 0 Å². The van der Waals surface area contributed by atoms with Crippen LogP contribution in [0.1, 0.15) is 24.7 Å². The first-order valence-corrected chi connectivity index (χ1v) is 7.33. The molecule has 25 heavy (non-hydrogen) atoms.